The van der Waals surface area contributed by atoms with Crippen LogP contribution in [-0.4, -0.2) is 46.9 Å². The van der Waals surface area contributed by atoms with E-state index in [2.05, 4.69) is 5.32 Å². The van der Waals surface area contributed by atoms with E-state index >= 15 is 0 Å². The highest BCUT2D eigenvalue weighted by Gasteiger charge is 2.27. The van der Waals surface area contributed by atoms with E-state index in [1.165, 1.54) is 6.92 Å². The number of hydrogen-bond donors (Lipinski definition) is 2. The third kappa shape index (κ3) is 4.35. The molecule has 0 aromatic rings. The number of nitrogens with one attached hydrogen (secondary N) is 1. The Hall–Kier alpha value is -1.59. The number of hydrogen-bond acceptors (Lipinski definition) is 3. The van der Waals surface area contributed by atoms with E-state index in [0.717, 1.165) is 0 Å². The molecule has 102 valence electrons. The predicted molar refractivity (Wildman–Crippen MR) is 64.8 cm³/mol. The molecule has 1 rings (SSSR count). The van der Waals surface area contributed by atoms with Crippen LogP contribution in [-0.2, 0) is 14.4 Å². The molecule has 1 atom stereocenters. The highest BCUT2D eigenvalue weighted by atomic mass is 16.4. The summed E-state index contributed by atoms with van der Waals surface area (Å²) in [5.74, 6) is -0.954. The summed E-state index contributed by atoms with van der Waals surface area (Å²) >= 11 is 0. The van der Waals surface area contributed by atoms with Gasteiger partial charge in [-0.2, -0.15) is 0 Å². The van der Waals surface area contributed by atoms with E-state index in [-0.39, 0.29) is 24.2 Å². The van der Waals surface area contributed by atoms with E-state index in [1.54, 1.807) is 11.8 Å². The minimum atomic E-state index is -0.786. The van der Waals surface area contributed by atoms with Crippen molar-refractivity contribution in [2.75, 3.05) is 13.1 Å². The monoisotopic (exact) mass is 256 g/mol. The SMILES string of the molecule is CC(=O)NC(C)C(=O)N1CCC(CC(=O)O)CC1. The number of carbonyl (C=O) groups excluding carboxylic acids is 2. The molecule has 0 aromatic carbocycles. The van der Waals surface area contributed by atoms with Crippen molar-refractivity contribution in [3.8, 4) is 0 Å². The molecule has 0 radical (unpaired) electrons. The normalized spacial score (nSPS) is 18.2. The zero-order valence-corrected chi connectivity index (χ0v) is 10.8. The summed E-state index contributed by atoms with van der Waals surface area (Å²) in [6.07, 6.45) is 1.60. The molecular weight excluding hydrogens is 236 g/mol. The fourth-order valence-corrected chi connectivity index (χ4v) is 2.24. The van der Waals surface area contributed by atoms with Crippen molar-refractivity contribution in [1.82, 2.24) is 10.2 Å². The van der Waals surface area contributed by atoms with Gasteiger partial charge in [0, 0.05) is 26.4 Å². The summed E-state index contributed by atoms with van der Waals surface area (Å²) in [5, 5.41) is 11.3. The Balaban J connectivity index is 2.40. The van der Waals surface area contributed by atoms with Gasteiger partial charge in [0.25, 0.3) is 0 Å². The molecule has 1 fully saturated rings. The van der Waals surface area contributed by atoms with Gasteiger partial charge >= 0.3 is 5.97 Å². The van der Waals surface area contributed by atoms with Crippen molar-refractivity contribution in [1.29, 1.82) is 0 Å². The maximum Gasteiger partial charge on any atom is 0.303 e. The average molecular weight is 256 g/mol. The number of aliphatic carboxylic acids is 1. The average Bonchev–Trinajstić information content (AvgIpc) is 2.27. The molecule has 6 heteroatoms. The molecule has 0 aromatic heterocycles. The fraction of sp³-hybridized carbons (Fsp3) is 0.750. The summed E-state index contributed by atoms with van der Waals surface area (Å²) in [5.41, 5.74) is 0. The van der Waals surface area contributed by atoms with Crippen molar-refractivity contribution in [2.45, 2.75) is 39.2 Å². The molecule has 1 aliphatic rings. The van der Waals surface area contributed by atoms with Gasteiger partial charge in [0.1, 0.15) is 6.04 Å². The lowest BCUT2D eigenvalue weighted by atomic mass is 9.93. The second-order valence-corrected chi connectivity index (χ2v) is 4.79. The first-order chi connectivity index (χ1) is 8.40. The van der Waals surface area contributed by atoms with Gasteiger partial charge in [-0.05, 0) is 25.7 Å². The summed E-state index contributed by atoms with van der Waals surface area (Å²) in [7, 11) is 0. The molecule has 18 heavy (non-hydrogen) atoms. The zero-order valence-electron chi connectivity index (χ0n) is 10.8. The largest absolute Gasteiger partial charge is 0.481 e. The Bertz CT molecular complexity index is 335. The van der Waals surface area contributed by atoms with E-state index in [0.29, 0.717) is 25.9 Å². The summed E-state index contributed by atoms with van der Waals surface area (Å²) in [6.45, 7) is 4.18. The summed E-state index contributed by atoms with van der Waals surface area (Å²) < 4.78 is 0. The van der Waals surface area contributed by atoms with Gasteiger partial charge in [0.05, 0.1) is 0 Å². The van der Waals surface area contributed by atoms with Gasteiger partial charge in [-0.3, -0.25) is 14.4 Å². The Morgan fingerprint density at radius 1 is 1.33 bits per heavy atom. The van der Waals surface area contributed by atoms with Gasteiger partial charge in [-0.15, -0.1) is 0 Å². The van der Waals surface area contributed by atoms with E-state index < -0.39 is 12.0 Å². The van der Waals surface area contributed by atoms with Crippen LogP contribution in [0.25, 0.3) is 0 Å². The molecular formula is C12H20N2O4. The minimum absolute atomic E-state index is 0.0982. The van der Waals surface area contributed by atoms with Gasteiger partial charge in [-0.25, -0.2) is 0 Å². The van der Waals surface area contributed by atoms with Crippen molar-refractivity contribution < 1.29 is 19.5 Å². The van der Waals surface area contributed by atoms with Crippen LogP contribution >= 0.6 is 0 Å². The fourth-order valence-electron chi connectivity index (χ4n) is 2.24. The molecule has 0 spiro atoms. The number of carbonyl (C=O) groups is 3. The molecule has 0 bridgehead atoms. The lowest BCUT2D eigenvalue weighted by Gasteiger charge is -2.33. The molecule has 2 amide bonds. The van der Waals surface area contributed by atoms with E-state index in [1.807, 2.05) is 0 Å². The van der Waals surface area contributed by atoms with Gasteiger partial charge in [0.15, 0.2) is 0 Å². The topological polar surface area (TPSA) is 86.7 Å². The lowest BCUT2D eigenvalue weighted by molar-refractivity contribution is -0.139. The number of rotatable bonds is 4. The predicted octanol–water partition coefficient (Wildman–Crippen LogP) is 0.224. The van der Waals surface area contributed by atoms with Crippen LogP contribution in [0.3, 0.4) is 0 Å². The maximum absolute atomic E-state index is 12.0. The highest BCUT2D eigenvalue weighted by molar-refractivity contribution is 5.86. The van der Waals surface area contributed by atoms with Crippen molar-refractivity contribution in [2.24, 2.45) is 5.92 Å². The first-order valence-electron chi connectivity index (χ1n) is 6.18. The van der Waals surface area contributed by atoms with Gasteiger partial charge in [-0.1, -0.05) is 0 Å². The number of amides is 2. The van der Waals surface area contributed by atoms with Crippen molar-refractivity contribution in [3.63, 3.8) is 0 Å². The number of carboxylic acid groups (broad SMARTS) is 1. The first kappa shape index (κ1) is 14.5. The lowest BCUT2D eigenvalue weighted by Crippen LogP contribution is -2.49. The summed E-state index contributed by atoms with van der Waals surface area (Å²) in [6, 6.07) is -0.515. The maximum atomic E-state index is 12.0. The standard InChI is InChI=1S/C12H20N2O4/c1-8(13-9(2)15)12(18)14-5-3-10(4-6-14)7-11(16)17/h8,10H,3-7H2,1-2H3,(H,13,15)(H,16,17). The van der Waals surface area contributed by atoms with Gasteiger partial charge < -0.3 is 15.3 Å². The Morgan fingerprint density at radius 3 is 2.33 bits per heavy atom. The third-order valence-electron chi connectivity index (χ3n) is 3.18. The van der Waals surface area contributed by atoms with Crippen LogP contribution in [0, 0.1) is 5.92 Å². The second kappa shape index (κ2) is 6.37. The van der Waals surface area contributed by atoms with E-state index in [4.69, 9.17) is 5.11 Å². The van der Waals surface area contributed by atoms with Crippen molar-refractivity contribution >= 4 is 17.8 Å². The molecule has 0 saturated carbocycles. The molecule has 1 saturated heterocycles. The quantitative estimate of drug-likeness (QED) is 0.753. The van der Waals surface area contributed by atoms with Crippen LogP contribution in [0.5, 0.6) is 0 Å². The highest BCUT2D eigenvalue weighted by Crippen LogP contribution is 2.20. The van der Waals surface area contributed by atoms with Crippen LogP contribution < -0.4 is 5.32 Å². The van der Waals surface area contributed by atoms with E-state index in [9.17, 15) is 14.4 Å². The minimum Gasteiger partial charge on any atom is -0.481 e. The van der Waals surface area contributed by atoms with Crippen molar-refractivity contribution in [3.05, 3.63) is 0 Å². The summed E-state index contributed by atoms with van der Waals surface area (Å²) in [4.78, 5) is 35.1. The first-order valence-corrected chi connectivity index (χ1v) is 6.18. The molecule has 1 unspecified atom stereocenters. The Morgan fingerprint density at radius 2 is 1.89 bits per heavy atom. The van der Waals surface area contributed by atoms with Crippen LogP contribution in [0.2, 0.25) is 0 Å². The number of nitrogens with zero attached hydrogens (tertiary/aromatic N) is 1. The second-order valence-electron chi connectivity index (χ2n) is 4.79. The number of piperidine rings is 1. The van der Waals surface area contributed by atoms with Crippen LogP contribution in [0.15, 0.2) is 0 Å². The van der Waals surface area contributed by atoms with Gasteiger partial charge in [0.2, 0.25) is 11.8 Å². The molecule has 6 nitrogen and oxygen atoms in total. The number of carboxylic acids is 1. The Labute approximate surface area is 106 Å². The van der Waals surface area contributed by atoms with Crippen LogP contribution in [0.4, 0.5) is 0 Å². The number of likely N-dealkylation sites (tertiary alicyclic amines) is 1. The molecule has 2 N–H and O–H groups in total. The third-order valence-corrected chi connectivity index (χ3v) is 3.18. The molecule has 1 aliphatic heterocycles. The van der Waals surface area contributed by atoms with Crippen LogP contribution in [0.1, 0.15) is 33.1 Å². The molecule has 0 aliphatic carbocycles. The Kier molecular flexibility index (Phi) is 5.12. The zero-order chi connectivity index (χ0) is 13.7. The smallest absolute Gasteiger partial charge is 0.303 e. The molecule has 1 heterocycles.